The number of aromatic amines is 1. The Bertz CT molecular complexity index is 1350. The number of fused-ring (bicyclic) bond motifs is 1. The molecule has 4 rings (SSSR count). The van der Waals surface area contributed by atoms with Crippen molar-refractivity contribution < 1.29 is 4.74 Å². The molecule has 4 aromatic rings. The Labute approximate surface area is 184 Å². The van der Waals surface area contributed by atoms with Crippen molar-refractivity contribution in [3.8, 4) is 17.1 Å². The SMILES string of the molecule is CCCOc1c[nH]c(Cn2c(-c3cccc(C)c3)nc3sc(CC)cc3c2=O)cc1=O. The maximum atomic E-state index is 13.4. The van der Waals surface area contributed by atoms with Crippen LogP contribution in [-0.2, 0) is 13.0 Å². The lowest BCUT2D eigenvalue weighted by Gasteiger charge is -2.13. The summed E-state index contributed by atoms with van der Waals surface area (Å²) in [5.41, 5.74) is 2.27. The number of aromatic nitrogens is 3. The molecule has 0 spiro atoms. The number of aryl methyl sites for hydroxylation is 2. The summed E-state index contributed by atoms with van der Waals surface area (Å²) in [6.45, 7) is 6.76. The zero-order chi connectivity index (χ0) is 22.0. The van der Waals surface area contributed by atoms with Gasteiger partial charge in [-0.3, -0.25) is 14.2 Å². The van der Waals surface area contributed by atoms with Gasteiger partial charge in [-0.05, 0) is 31.9 Å². The molecule has 0 saturated heterocycles. The molecule has 0 unspecified atom stereocenters. The van der Waals surface area contributed by atoms with Gasteiger partial charge in [0.25, 0.3) is 5.56 Å². The highest BCUT2D eigenvalue weighted by molar-refractivity contribution is 7.18. The topological polar surface area (TPSA) is 77.0 Å². The molecule has 7 heteroatoms. The van der Waals surface area contributed by atoms with Gasteiger partial charge in [0.1, 0.15) is 10.7 Å². The average Bonchev–Trinajstić information content (AvgIpc) is 3.19. The summed E-state index contributed by atoms with van der Waals surface area (Å²) >= 11 is 1.55. The van der Waals surface area contributed by atoms with Crippen molar-refractivity contribution in [3.63, 3.8) is 0 Å². The Kier molecular flexibility index (Phi) is 6.04. The molecule has 1 aromatic carbocycles. The summed E-state index contributed by atoms with van der Waals surface area (Å²) in [6, 6.07) is 11.4. The van der Waals surface area contributed by atoms with Crippen LogP contribution in [-0.4, -0.2) is 21.1 Å². The first-order valence-corrected chi connectivity index (χ1v) is 11.3. The lowest BCUT2D eigenvalue weighted by atomic mass is 10.1. The minimum Gasteiger partial charge on any atom is -0.488 e. The van der Waals surface area contributed by atoms with E-state index in [9.17, 15) is 9.59 Å². The molecule has 3 heterocycles. The van der Waals surface area contributed by atoms with E-state index < -0.39 is 0 Å². The predicted molar refractivity (Wildman–Crippen MR) is 125 cm³/mol. The van der Waals surface area contributed by atoms with E-state index in [4.69, 9.17) is 9.72 Å². The molecule has 0 aliphatic carbocycles. The molecule has 1 N–H and O–H groups in total. The molecule has 0 radical (unpaired) electrons. The second-order valence-electron chi connectivity index (χ2n) is 7.52. The van der Waals surface area contributed by atoms with Gasteiger partial charge in [0.05, 0.1) is 18.5 Å². The van der Waals surface area contributed by atoms with Crippen molar-refractivity contribution in [2.24, 2.45) is 0 Å². The fourth-order valence-corrected chi connectivity index (χ4v) is 4.44. The highest BCUT2D eigenvalue weighted by Gasteiger charge is 2.16. The first kappa shape index (κ1) is 21.1. The minimum atomic E-state index is -0.204. The highest BCUT2D eigenvalue weighted by Crippen LogP contribution is 2.26. The number of rotatable bonds is 7. The monoisotopic (exact) mass is 435 g/mol. The molecule has 160 valence electrons. The minimum absolute atomic E-state index is 0.107. The Morgan fingerprint density at radius 3 is 2.71 bits per heavy atom. The van der Waals surface area contributed by atoms with Crippen LogP contribution in [0.1, 0.15) is 36.4 Å². The molecular formula is C24H25N3O3S. The van der Waals surface area contributed by atoms with Crippen LogP contribution in [0.3, 0.4) is 0 Å². The van der Waals surface area contributed by atoms with E-state index in [0.29, 0.717) is 23.5 Å². The molecule has 31 heavy (non-hydrogen) atoms. The number of hydrogen-bond donors (Lipinski definition) is 1. The van der Waals surface area contributed by atoms with Gasteiger partial charge < -0.3 is 9.72 Å². The summed E-state index contributed by atoms with van der Waals surface area (Å²) in [5, 5.41) is 0.614. The van der Waals surface area contributed by atoms with E-state index in [-0.39, 0.29) is 23.3 Å². The maximum absolute atomic E-state index is 13.4. The molecule has 6 nitrogen and oxygen atoms in total. The Morgan fingerprint density at radius 1 is 1.16 bits per heavy atom. The summed E-state index contributed by atoms with van der Waals surface area (Å²) in [5.74, 6) is 0.883. The summed E-state index contributed by atoms with van der Waals surface area (Å²) < 4.78 is 7.11. The third-order valence-corrected chi connectivity index (χ3v) is 6.23. The van der Waals surface area contributed by atoms with Crippen molar-refractivity contribution in [3.05, 3.63) is 79.3 Å². The van der Waals surface area contributed by atoms with Crippen LogP contribution in [0, 0.1) is 6.92 Å². The molecule has 0 saturated carbocycles. The second-order valence-corrected chi connectivity index (χ2v) is 8.63. The zero-order valence-electron chi connectivity index (χ0n) is 17.9. The zero-order valence-corrected chi connectivity index (χ0v) is 18.7. The van der Waals surface area contributed by atoms with E-state index in [1.165, 1.54) is 6.07 Å². The Morgan fingerprint density at radius 2 is 2.00 bits per heavy atom. The van der Waals surface area contributed by atoms with Crippen LogP contribution in [0.25, 0.3) is 21.6 Å². The fraction of sp³-hybridized carbons (Fsp3) is 0.292. The number of H-pyrrole nitrogens is 1. The normalized spacial score (nSPS) is 11.2. The average molecular weight is 436 g/mol. The molecule has 0 bridgehead atoms. The quantitative estimate of drug-likeness (QED) is 0.463. The largest absolute Gasteiger partial charge is 0.488 e. The number of pyridine rings is 1. The third kappa shape index (κ3) is 4.32. The number of nitrogens with zero attached hydrogens (tertiary/aromatic N) is 2. The van der Waals surface area contributed by atoms with Crippen LogP contribution in [0.2, 0.25) is 0 Å². The van der Waals surface area contributed by atoms with Gasteiger partial charge in [-0.1, -0.05) is 37.6 Å². The molecule has 0 fully saturated rings. The van der Waals surface area contributed by atoms with E-state index in [2.05, 4.69) is 11.9 Å². The van der Waals surface area contributed by atoms with Gasteiger partial charge in [-0.25, -0.2) is 4.98 Å². The van der Waals surface area contributed by atoms with Crippen LogP contribution in [0.15, 0.2) is 52.2 Å². The van der Waals surface area contributed by atoms with Crippen molar-refractivity contribution in [2.45, 2.75) is 40.2 Å². The summed E-state index contributed by atoms with van der Waals surface area (Å²) in [6.07, 6.45) is 3.24. The lowest BCUT2D eigenvalue weighted by Crippen LogP contribution is -2.24. The molecule has 3 aromatic heterocycles. The van der Waals surface area contributed by atoms with Crippen LogP contribution in [0.4, 0.5) is 0 Å². The van der Waals surface area contributed by atoms with E-state index in [1.807, 2.05) is 44.2 Å². The first-order valence-electron chi connectivity index (χ1n) is 10.4. The number of ether oxygens (including phenoxy) is 1. The van der Waals surface area contributed by atoms with Gasteiger partial charge in [-0.15, -0.1) is 11.3 Å². The third-order valence-electron chi connectivity index (χ3n) is 5.05. The van der Waals surface area contributed by atoms with Gasteiger partial charge in [0.2, 0.25) is 5.43 Å². The van der Waals surface area contributed by atoms with E-state index in [0.717, 1.165) is 33.7 Å². The maximum Gasteiger partial charge on any atom is 0.262 e. The van der Waals surface area contributed by atoms with Gasteiger partial charge >= 0.3 is 0 Å². The Balaban J connectivity index is 1.85. The first-order chi connectivity index (χ1) is 15.0. The highest BCUT2D eigenvalue weighted by atomic mass is 32.1. The summed E-state index contributed by atoms with van der Waals surface area (Å²) in [7, 11) is 0. The smallest absolute Gasteiger partial charge is 0.262 e. The number of thiophene rings is 1. The number of nitrogens with one attached hydrogen (secondary N) is 1. The number of benzene rings is 1. The second kappa shape index (κ2) is 8.89. The molecular weight excluding hydrogens is 410 g/mol. The molecule has 0 aliphatic heterocycles. The van der Waals surface area contributed by atoms with Crippen molar-refractivity contribution in [1.29, 1.82) is 0 Å². The van der Waals surface area contributed by atoms with Gasteiger partial charge in [0.15, 0.2) is 5.75 Å². The Hall–Kier alpha value is -3.19. The standard InChI is InChI=1S/C24H25N3O3S/c1-4-9-30-21-13-25-17(11-20(21)28)14-27-22(16-8-6-7-15(3)10-16)26-23-19(24(27)29)12-18(5-2)31-23/h6-8,10-13H,4-5,9,14H2,1-3H3,(H,25,28). The van der Waals surface area contributed by atoms with Crippen LogP contribution >= 0.6 is 11.3 Å². The fourth-order valence-electron chi connectivity index (χ4n) is 3.48. The van der Waals surface area contributed by atoms with Crippen molar-refractivity contribution in [2.75, 3.05) is 6.61 Å². The van der Waals surface area contributed by atoms with Crippen LogP contribution in [0.5, 0.6) is 5.75 Å². The predicted octanol–water partition coefficient (Wildman–Crippen LogP) is 4.52. The summed E-state index contributed by atoms with van der Waals surface area (Å²) in [4.78, 5) is 35.7. The molecule has 0 amide bonds. The van der Waals surface area contributed by atoms with Crippen molar-refractivity contribution >= 4 is 21.6 Å². The van der Waals surface area contributed by atoms with Gasteiger partial charge in [0, 0.05) is 28.4 Å². The van der Waals surface area contributed by atoms with Crippen molar-refractivity contribution in [1.82, 2.24) is 14.5 Å². The van der Waals surface area contributed by atoms with Gasteiger partial charge in [-0.2, -0.15) is 0 Å². The van der Waals surface area contributed by atoms with E-state index in [1.54, 1.807) is 22.1 Å². The number of hydrogen-bond acceptors (Lipinski definition) is 5. The van der Waals surface area contributed by atoms with E-state index >= 15 is 0 Å². The van der Waals surface area contributed by atoms with Crippen LogP contribution < -0.4 is 15.7 Å². The lowest BCUT2D eigenvalue weighted by molar-refractivity contribution is 0.313. The molecule has 0 atom stereocenters. The molecule has 0 aliphatic rings.